The molecule has 0 amide bonds. The standard InChI is InChI=1S/C10H10O3.Cs.H/c1-7(10(12)13)6-8-2-4-9(11)5-3-8;;/h2-6,11H,1H3,(H,12,13);;/q;+1;-1. The normalized spacial score (nSPS) is 10.5. The van der Waals surface area contributed by atoms with Gasteiger partial charge in [0.15, 0.2) is 0 Å². The van der Waals surface area contributed by atoms with E-state index in [0.29, 0.717) is 0 Å². The Hall–Kier alpha value is 0.282. The van der Waals surface area contributed by atoms with Crippen molar-refractivity contribution in [3.05, 3.63) is 35.4 Å². The second-order valence-electron chi connectivity index (χ2n) is 2.72. The summed E-state index contributed by atoms with van der Waals surface area (Å²) in [5.74, 6) is -0.766. The molecule has 0 saturated heterocycles. The van der Waals surface area contributed by atoms with Crippen molar-refractivity contribution in [2.75, 3.05) is 0 Å². The number of rotatable bonds is 2. The Bertz CT molecular complexity index is 346. The van der Waals surface area contributed by atoms with E-state index in [2.05, 4.69) is 0 Å². The Balaban J connectivity index is 0. The van der Waals surface area contributed by atoms with E-state index in [9.17, 15) is 4.79 Å². The number of phenolic OH excluding ortho intramolecular Hbond substituents is 1. The van der Waals surface area contributed by atoms with Gasteiger partial charge in [0.05, 0.1) is 0 Å². The Kier molecular flexibility index (Phi) is 6.84. The van der Waals surface area contributed by atoms with E-state index in [1.165, 1.54) is 19.1 Å². The molecule has 0 radical (unpaired) electrons. The van der Waals surface area contributed by atoms with Gasteiger partial charge in [-0.2, -0.15) is 0 Å². The summed E-state index contributed by atoms with van der Waals surface area (Å²) in [4.78, 5) is 10.5. The molecule has 0 spiro atoms. The van der Waals surface area contributed by atoms with Gasteiger partial charge in [0.2, 0.25) is 0 Å². The predicted octanol–water partition coefficient (Wildman–Crippen LogP) is -1.00. The third-order valence-electron chi connectivity index (χ3n) is 1.61. The van der Waals surface area contributed by atoms with Crippen molar-refractivity contribution in [2.24, 2.45) is 0 Å². The van der Waals surface area contributed by atoms with Gasteiger partial charge in [-0.15, -0.1) is 0 Å². The van der Waals surface area contributed by atoms with Gasteiger partial charge < -0.3 is 11.6 Å². The minimum Gasteiger partial charge on any atom is -1.00 e. The Labute approximate surface area is 143 Å². The molecular formula is C10H11CsO3. The topological polar surface area (TPSA) is 57.5 Å². The van der Waals surface area contributed by atoms with Crippen LogP contribution in [0.4, 0.5) is 0 Å². The molecule has 0 saturated carbocycles. The largest absolute Gasteiger partial charge is 1.00 e. The van der Waals surface area contributed by atoms with Crippen LogP contribution in [-0.2, 0) is 4.79 Å². The van der Waals surface area contributed by atoms with E-state index in [4.69, 9.17) is 10.2 Å². The van der Waals surface area contributed by atoms with Crippen molar-refractivity contribution in [2.45, 2.75) is 6.92 Å². The van der Waals surface area contributed by atoms with Gasteiger partial charge in [-0.25, -0.2) is 4.79 Å². The molecule has 2 N–H and O–H groups in total. The van der Waals surface area contributed by atoms with E-state index in [1.54, 1.807) is 18.2 Å². The number of carboxylic acids is 1. The molecule has 1 aromatic carbocycles. The van der Waals surface area contributed by atoms with Gasteiger partial charge in [-0.1, -0.05) is 12.1 Å². The summed E-state index contributed by atoms with van der Waals surface area (Å²) in [6.07, 6.45) is 1.54. The molecule has 0 unspecified atom stereocenters. The van der Waals surface area contributed by atoms with Crippen molar-refractivity contribution in [3.63, 3.8) is 0 Å². The van der Waals surface area contributed by atoms with Gasteiger partial charge in [-0.05, 0) is 30.7 Å². The van der Waals surface area contributed by atoms with E-state index in [1.807, 2.05) is 0 Å². The first kappa shape index (κ1) is 14.3. The molecule has 1 rings (SSSR count). The fourth-order valence-corrected chi connectivity index (χ4v) is 0.882. The molecule has 14 heavy (non-hydrogen) atoms. The first-order chi connectivity index (χ1) is 6.09. The van der Waals surface area contributed by atoms with Crippen molar-refractivity contribution in [3.8, 4) is 5.75 Å². The third kappa shape index (κ3) is 4.68. The van der Waals surface area contributed by atoms with Crippen LogP contribution in [0.15, 0.2) is 29.8 Å². The molecule has 0 aromatic heterocycles. The fourth-order valence-electron chi connectivity index (χ4n) is 0.882. The first-order valence-corrected chi connectivity index (χ1v) is 3.80. The van der Waals surface area contributed by atoms with Gasteiger partial charge in [0.25, 0.3) is 0 Å². The van der Waals surface area contributed by atoms with Crippen molar-refractivity contribution < 1.29 is 85.3 Å². The number of hydrogen-bond acceptors (Lipinski definition) is 2. The number of benzene rings is 1. The molecular weight excluding hydrogens is 301 g/mol. The molecule has 0 atom stereocenters. The molecule has 1 aromatic rings. The number of hydrogen-bond donors (Lipinski definition) is 2. The van der Waals surface area contributed by atoms with Crippen molar-refractivity contribution in [1.82, 2.24) is 0 Å². The molecule has 0 heterocycles. The SMILES string of the molecule is CC(=Cc1ccc(O)cc1)C(=O)O.[Cs+].[H-]. The quantitative estimate of drug-likeness (QED) is 0.689. The average Bonchev–Trinajstić information content (AvgIpc) is 2.08. The Morgan fingerprint density at radius 1 is 1.36 bits per heavy atom. The maximum atomic E-state index is 10.5. The fraction of sp³-hybridized carbons (Fsp3) is 0.100. The number of carbonyl (C=O) groups is 1. The Morgan fingerprint density at radius 2 is 1.86 bits per heavy atom. The van der Waals surface area contributed by atoms with E-state index in [-0.39, 0.29) is 81.6 Å². The number of carboxylic acid groups (broad SMARTS) is 1. The van der Waals surface area contributed by atoms with Crippen molar-refractivity contribution >= 4 is 12.0 Å². The summed E-state index contributed by atoms with van der Waals surface area (Å²) < 4.78 is 0. The monoisotopic (exact) mass is 312 g/mol. The molecule has 0 bridgehead atoms. The number of phenols is 1. The zero-order valence-corrected chi connectivity index (χ0v) is 14.5. The molecule has 3 nitrogen and oxygen atoms in total. The average molecular weight is 312 g/mol. The van der Waals surface area contributed by atoms with E-state index in [0.717, 1.165) is 5.56 Å². The second-order valence-corrected chi connectivity index (χ2v) is 2.72. The van der Waals surface area contributed by atoms with Crippen LogP contribution < -0.4 is 68.9 Å². The number of aromatic hydroxyl groups is 1. The zero-order chi connectivity index (χ0) is 9.84. The smallest absolute Gasteiger partial charge is 1.00 e. The summed E-state index contributed by atoms with van der Waals surface area (Å²) in [6.45, 7) is 1.52. The van der Waals surface area contributed by atoms with Crippen LogP contribution in [0, 0.1) is 0 Å². The maximum absolute atomic E-state index is 10.5. The summed E-state index contributed by atoms with van der Waals surface area (Å²) in [7, 11) is 0. The predicted molar refractivity (Wildman–Crippen MR) is 50.5 cm³/mol. The minimum absolute atomic E-state index is 0. The zero-order valence-electron chi connectivity index (χ0n) is 9.19. The first-order valence-electron chi connectivity index (χ1n) is 3.80. The van der Waals surface area contributed by atoms with Crippen LogP contribution >= 0.6 is 0 Å². The maximum Gasteiger partial charge on any atom is 1.00 e. The third-order valence-corrected chi connectivity index (χ3v) is 1.61. The second kappa shape index (κ2) is 6.71. The van der Waals surface area contributed by atoms with Crippen LogP contribution in [0.3, 0.4) is 0 Å². The van der Waals surface area contributed by atoms with Gasteiger partial charge in [-0.3, -0.25) is 0 Å². The van der Waals surface area contributed by atoms with Crippen LogP contribution in [0.25, 0.3) is 6.08 Å². The van der Waals surface area contributed by atoms with E-state index >= 15 is 0 Å². The van der Waals surface area contributed by atoms with Crippen LogP contribution in [0.2, 0.25) is 0 Å². The summed E-state index contributed by atoms with van der Waals surface area (Å²) in [5, 5.41) is 17.5. The number of aliphatic carboxylic acids is 1. The van der Waals surface area contributed by atoms with Gasteiger partial charge in [0.1, 0.15) is 5.75 Å². The van der Waals surface area contributed by atoms with Gasteiger partial charge >= 0.3 is 74.9 Å². The molecule has 70 valence electrons. The molecule has 0 aliphatic carbocycles. The van der Waals surface area contributed by atoms with Crippen molar-refractivity contribution in [1.29, 1.82) is 0 Å². The summed E-state index contributed by atoms with van der Waals surface area (Å²) >= 11 is 0. The van der Waals surface area contributed by atoms with Crippen LogP contribution in [0.1, 0.15) is 13.9 Å². The molecule has 0 aliphatic rings. The summed E-state index contributed by atoms with van der Waals surface area (Å²) in [5.41, 5.74) is 1.03. The van der Waals surface area contributed by atoms with E-state index < -0.39 is 5.97 Å². The van der Waals surface area contributed by atoms with Crippen LogP contribution in [-0.4, -0.2) is 16.2 Å². The molecule has 0 fully saturated rings. The summed E-state index contributed by atoms with van der Waals surface area (Å²) in [6, 6.07) is 6.34. The molecule has 0 aliphatic heterocycles. The Morgan fingerprint density at radius 3 is 2.29 bits per heavy atom. The molecule has 4 heteroatoms. The van der Waals surface area contributed by atoms with Gasteiger partial charge in [0, 0.05) is 5.57 Å². The van der Waals surface area contributed by atoms with Crippen LogP contribution in [0.5, 0.6) is 5.75 Å². The minimum atomic E-state index is -0.937.